The standard InChI is InChI=1S/C13H17N5O4S.ClH/c1-18-11-9(12(19)17-13(18)20)4-8(5-15-11)23(21,22)16-6-10(14)7-2-3-7;/h4-5,7,10,16H,2-3,6,14H2,1H3,(H,17,19,20);1H. The monoisotopic (exact) mass is 375 g/mol. The topological polar surface area (TPSA) is 140 Å². The van der Waals surface area contributed by atoms with Gasteiger partial charge in [0.25, 0.3) is 5.56 Å². The summed E-state index contributed by atoms with van der Waals surface area (Å²) in [6, 6.07) is 0.980. The lowest BCUT2D eigenvalue weighted by molar-refractivity contribution is 0.547. The summed E-state index contributed by atoms with van der Waals surface area (Å²) in [7, 11) is -2.39. The van der Waals surface area contributed by atoms with Crippen LogP contribution in [0.3, 0.4) is 0 Å². The van der Waals surface area contributed by atoms with Crippen LogP contribution in [-0.4, -0.2) is 35.5 Å². The second kappa shape index (κ2) is 6.63. The quantitative estimate of drug-likeness (QED) is 0.616. The molecule has 3 rings (SSSR count). The van der Waals surface area contributed by atoms with E-state index in [2.05, 4.69) is 14.7 Å². The van der Waals surface area contributed by atoms with E-state index in [1.165, 1.54) is 13.1 Å². The molecule has 0 saturated heterocycles. The smallest absolute Gasteiger partial charge is 0.326 e. The maximum Gasteiger partial charge on any atom is 0.329 e. The van der Waals surface area contributed by atoms with Gasteiger partial charge in [-0.2, -0.15) is 0 Å². The third-order valence-electron chi connectivity index (χ3n) is 3.98. The van der Waals surface area contributed by atoms with E-state index in [-0.39, 0.29) is 40.9 Å². The lowest BCUT2D eigenvalue weighted by atomic mass is 10.2. The third-order valence-corrected chi connectivity index (χ3v) is 5.37. The predicted octanol–water partition coefficient (Wildman–Crippen LogP) is -0.941. The van der Waals surface area contributed by atoms with Crippen molar-refractivity contribution in [2.75, 3.05) is 6.54 Å². The van der Waals surface area contributed by atoms with Crippen LogP contribution >= 0.6 is 12.4 Å². The number of nitrogens with one attached hydrogen (secondary N) is 2. The lowest BCUT2D eigenvalue weighted by Gasteiger charge is -2.12. The molecule has 1 aliphatic carbocycles. The van der Waals surface area contributed by atoms with Crippen molar-refractivity contribution in [1.82, 2.24) is 19.3 Å². The van der Waals surface area contributed by atoms with Crippen LogP contribution in [0.4, 0.5) is 0 Å². The first-order chi connectivity index (χ1) is 10.8. The van der Waals surface area contributed by atoms with E-state index < -0.39 is 21.3 Å². The van der Waals surface area contributed by atoms with Gasteiger partial charge in [0.2, 0.25) is 10.0 Å². The molecule has 2 aromatic heterocycles. The molecule has 2 heterocycles. The van der Waals surface area contributed by atoms with Gasteiger partial charge in [-0.3, -0.25) is 14.3 Å². The molecule has 0 spiro atoms. The summed E-state index contributed by atoms with van der Waals surface area (Å²) in [6.45, 7) is 0.134. The number of fused-ring (bicyclic) bond motifs is 1. The summed E-state index contributed by atoms with van der Waals surface area (Å²) >= 11 is 0. The van der Waals surface area contributed by atoms with E-state index >= 15 is 0 Å². The Morgan fingerprint density at radius 3 is 2.75 bits per heavy atom. The normalized spacial score (nSPS) is 15.9. The molecule has 9 nitrogen and oxygen atoms in total. The maximum absolute atomic E-state index is 12.3. The molecule has 132 valence electrons. The van der Waals surface area contributed by atoms with Gasteiger partial charge < -0.3 is 5.73 Å². The van der Waals surface area contributed by atoms with E-state index in [1.54, 1.807) is 0 Å². The molecule has 0 amide bonds. The van der Waals surface area contributed by atoms with E-state index in [0.29, 0.717) is 5.92 Å². The zero-order valence-corrected chi connectivity index (χ0v) is 14.5. The number of aromatic nitrogens is 3. The van der Waals surface area contributed by atoms with Crippen molar-refractivity contribution < 1.29 is 8.42 Å². The Hall–Kier alpha value is -1.75. The minimum absolute atomic E-state index is 0. The highest BCUT2D eigenvalue weighted by Gasteiger charge is 2.29. The van der Waals surface area contributed by atoms with Crippen molar-refractivity contribution >= 4 is 33.5 Å². The first-order valence-electron chi connectivity index (χ1n) is 7.14. The minimum atomic E-state index is -3.82. The fraction of sp³-hybridized carbons (Fsp3) is 0.462. The summed E-state index contributed by atoms with van der Waals surface area (Å²) in [5.41, 5.74) is 4.71. The number of aryl methyl sites for hydroxylation is 1. The average Bonchev–Trinajstić information content (AvgIpc) is 3.35. The van der Waals surface area contributed by atoms with Crippen LogP contribution in [-0.2, 0) is 17.1 Å². The first kappa shape index (κ1) is 18.6. The Labute approximate surface area is 143 Å². The number of halogens is 1. The number of nitrogens with zero attached hydrogens (tertiary/aromatic N) is 2. The molecule has 4 N–H and O–H groups in total. The Kier molecular flexibility index (Phi) is 5.14. The van der Waals surface area contributed by atoms with Gasteiger partial charge in [0.1, 0.15) is 10.5 Å². The summed E-state index contributed by atoms with van der Waals surface area (Å²) in [5, 5.41) is 0.0291. The van der Waals surface area contributed by atoms with Gasteiger partial charge >= 0.3 is 5.69 Å². The molecule has 0 bridgehead atoms. The third kappa shape index (κ3) is 3.51. The highest BCUT2D eigenvalue weighted by atomic mass is 35.5. The van der Waals surface area contributed by atoms with Gasteiger partial charge in [-0.05, 0) is 24.8 Å². The van der Waals surface area contributed by atoms with Crippen LogP contribution in [0.5, 0.6) is 0 Å². The van der Waals surface area contributed by atoms with Crippen LogP contribution in [0.1, 0.15) is 12.8 Å². The van der Waals surface area contributed by atoms with Gasteiger partial charge in [-0.1, -0.05) is 0 Å². The zero-order chi connectivity index (χ0) is 16.8. The number of hydrogen-bond donors (Lipinski definition) is 3. The molecule has 1 aliphatic rings. The summed E-state index contributed by atoms with van der Waals surface area (Å²) in [5.74, 6) is 0.366. The molecule has 2 aromatic rings. The Morgan fingerprint density at radius 1 is 1.46 bits per heavy atom. The van der Waals surface area contributed by atoms with Crippen LogP contribution in [0.2, 0.25) is 0 Å². The Morgan fingerprint density at radius 2 is 2.12 bits per heavy atom. The molecule has 1 fully saturated rings. The van der Waals surface area contributed by atoms with Crippen LogP contribution in [0, 0.1) is 5.92 Å². The maximum atomic E-state index is 12.3. The Balaban J connectivity index is 0.00000208. The van der Waals surface area contributed by atoms with E-state index in [9.17, 15) is 18.0 Å². The van der Waals surface area contributed by atoms with Gasteiger partial charge in [-0.15, -0.1) is 12.4 Å². The molecule has 1 saturated carbocycles. The fourth-order valence-corrected chi connectivity index (χ4v) is 3.39. The number of sulfonamides is 1. The summed E-state index contributed by atoms with van der Waals surface area (Å²) in [6.07, 6.45) is 3.15. The van der Waals surface area contributed by atoms with Crippen molar-refractivity contribution in [3.8, 4) is 0 Å². The molecule has 1 atom stereocenters. The van der Waals surface area contributed by atoms with Crippen molar-refractivity contribution in [3.05, 3.63) is 33.1 Å². The summed E-state index contributed by atoms with van der Waals surface area (Å²) < 4.78 is 28.2. The highest BCUT2D eigenvalue weighted by Crippen LogP contribution is 2.31. The molecular formula is C13H18ClN5O4S. The summed E-state index contributed by atoms with van der Waals surface area (Å²) in [4.78, 5) is 29.3. The lowest BCUT2D eigenvalue weighted by Crippen LogP contribution is -2.38. The van der Waals surface area contributed by atoms with Crippen molar-refractivity contribution in [3.63, 3.8) is 0 Å². The first-order valence-corrected chi connectivity index (χ1v) is 8.62. The molecule has 0 radical (unpaired) electrons. The highest BCUT2D eigenvalue weighted by molar-refractivity contribution is 7.89. The molecule has 24 heavy (non-hydrogen) atoms. The van der Waals surface area contributed by atoms with Crippen molar-refractivity contribution in [1.29, 1.82) is 0 Å². The largest absolute Gasteiger partial charge is 0.329 e. The number of hydrogen-bond acceptors (Lipinski definition) is 6. The molecule has 0 aliphatic heterocycles. The minimum Gasteiger partial charge on any atom is -0.326 e. The Bertz CT molecular complexity index is 980. The zero-order valence-electron chi connectivity index (χ0n) is 12.9. The number of pyridine rings is 1. The van der Waals surface area contributed by atoms with Gasteiger partial charge in [0.15, 0.2) is 0 Å². The number of nitrogens with two attached hydrogens (primary N) is 1. The SMILES string of the molecule is Cl.Cn1c(=O)[nH]c(=O)c2cc(S(=O)(=O)NCC(N)C3CC3)cnc21. The van der Waals surface area contributed by atoms with E-state index in [4.69, 9.17) is 5.73 Å². The van der Waals surface area contributed by atoms with Gasteiger partial charge in [0, 0.05) is 25.8 Å². The van der Waals surface area contributed by atoms with Crippen molar-refractivity contribution in [2.45, 2.75) is 23.8 Å². The predicted molar refractivity (Wildman–Crippen MR) is 90.7 cm³/mol. The van der Waals surface area contributed by atoms with E-state index in [0.717, 1.165) is 23.6 Å². The van der Waals surface area contributed by atoms with Crippen LogP contribution < -0.4 is 21.7 Å². The molecule has 1 unspecified atom stereocenters. The molecule has 0 aromatic carbocycles. The second-order valence-electron chi connectivity index (χ2n) is 5.71. The van der Waals surface area contributed by atoms with Gasteiger partial charge in [-0.25, -0.2) is 22.9 Å². The fourth-order valence-electron chi connectivity index (χ4n) is 2.34. The average molecular weight is 376 g/mol. The van der Waals surface area contributed by atoms with Crippen LogP contribution in [0.25, 0.3) is 11.0 Å². The number of aromatic amines is 1. The number of H-pyrrole nitrogens is 1. The molecular weight excluding hydrogens is 358 g/mol. The molecule has 11 heteroatoms. The van der Waals surface area contributed by atoms with Gasteiger partial charge in [0.05, 0.1) is 5.39 Å². The number of rotatable bonds is 5. The van der Waals surface area contributed by atoms with Crippen molar-refractivity contribution in [2.24, 2.45) is 18.7 Å². The van der Waals surface area contributed by atoms with E-state index in [1.807, 2.05) is 0 Å². The van der Waals surface area contributed by atoms with Crippen LogP contribution in [0.15, 0.2) is 26.7 Å². The second-order valence-corrected chi connectivity index (χ2v) is 7.48.